The van der Waals surface area contributed by atoms with Crippen molar-refractivity contribution >= 4 is 27.3 Å². The van der Waals surface area contributed by atoms with E-state index >= 15 is 0 Å². The van der Waals surface area contributed by atoms with E-state index in [0.29, 0.717) is 12.8 Å². The summed E-state index contributed by atoms with van der Waals surface area (Å²) < 4.78 is 26.3. The van der Waals surface area contributed by atoms with Crippen LogP contribution in [0.2, 0.25) is 5.02 Å². The Balaban J connectivity index is 2.34. The van der Waals surface area contributed by atoms with Crippen molar-refractivity contribution in [3.05, 3.63) is 33.3 Å². The largest absolute Gasteiger partial charge is 0.396 e. The molecule has 1 heterocycles. The summed E-state index contributed by atoms with van der Waals surface area (Å²) >= 11 is 5.69. The second-order valence-electron chi connectivity index (χ2n) is 4.90. The van der Waals surface area contributed by atoms with Crippen molar-refractivity contribution in [1.29, 1.82) is 0 Å². The highest BCUT2D eigenvalue weighted by atomic mass is 35.5. The van der Waals surface area contributed by atoms with Crippen LogP contribution in [0.25, 0.3) is 0 Å². The minimum atomic E-state index is -3.93. The van der Waals surface area contributed by atoms with Crippen LogP contribution in [0.15, 0.2) is 23.1 Å². The first-order valence-electron chi connectivity index (χ1n) is 6.41. The van der Waals surface area contributed by atoms with Crippen LogP contribution in [0.3, 0.4) is 0 Å². The molecule has 116 valence electrons. The SMILES string of the molecule is O=[N+]([O-])c1cc(Cl)ccc1S(=O)(=O)N1CCC(CO)CC1. The van der Waals surface area contributed by atoms with Gasteiger partial charge in [0.2, 0.25) is 10.0 Å². The molecule has 21 heavy (non-hydrogen) atoms. The van der Waals surface area contributed by atoms with Crippen LogP contribution in [-0.2, 0) is 10.0 Å². The first-order chi connectivity index (χ1) is 9.86. The molecule has 0 saturated carbocycles. The number of halogens is 1. The van der Waals surface area contributed by atoms with Crippen LogP contribution >= 0.6 is 11.6 Å². The Labute approximate surface area is 127 Å². The van der Waals surface area contributed by atoms with Gasteiger partial charge in [0.15, 0.2) is 4.90 Å². The number of aliphatic hydroxyl groups is 1. The molecule has 2 rings (SSSR count). The van der Waals surface area contributed by atoms with Crippen molar-refractivity contribution in [2.75, 3.05) is 19.7 Å². The predicted molar refractivity (Wildman–Crippen MR) is 76.7 cm³/mol. The van der Waals surface area contributed by atoms with Crippen molar-refractivity contribution in [2.45, 2.75) is 17.7 Å². The maximum atomic E-state index is 12.5. The van der Waals surface area contributed by atoms with E-state index in [4.69, 9.17) is 16.7 Å². The zero-order valence-electron chi connectivity index (χ0n) is 11.1. The molecule has 1 saturated heterocycles. The topological polar surface area (TPSA) is 101 Å². The Morgan fingerprint density at radius 2 is 2.00 bits per heavy atom. The number of hydrogen-bond donors (Lipinski definition) is 1. The van der Waals surface area contributed by atoms with E-state index in [9.17, 15) is 18.5 Å². The zero-order valence-corrected chi connectivity index (χ0v) is 12.7. The molecule has 0 radical (unpaired) electrons. The molecule has 0 atom stereocenters. The zero-order chi connectivity index (χ0) is 15.6. The minimum Gasteiger partial charge on any atom is -0.396 e. The van der Waals surface area contributed by atoms with Gasteiger partial charge >= 0.3 is 0 Å². The predicted octanol–water partition coefficient (Wildman–Crippen LogP) is 1.64. The first-order valence-corrected chi connectivity index (χ1v) is 8.23. The van der Waals surface area contributed by atoms with Gasteiger partial charge in [-0.1, -0.05) is 11.6 Å². The van der Waals surface area contributed by atoms with E-state index in [2.05, 4.69) is 0 Å². The highest BCUT2D eigenvalue weighted by Crippen LogP contribution is 2.31. The van der Waals surface area contributed by atoms with E-state index in [0.717, 1.165) is 12.1 Å². The summed E-state index contributed by atoms with van der Waals surface area (Å²) in [6, 6.07) is 3.52. The van der Waals surface area contributed by atoms with Gasteiger partial charge in [0.1, 0.15) is 0 Å². The summed E-state index contributed by atoms with van der Waals surface area (Å²) in [4.78, 5) is 9.93. The second-order valence-corrected chi connectivity index (χ2v) is 7.24. The maximum absolute atomic E-state index is 12.5. The molecule has 0 aromatic heterocycles. The highest BCUT2D eigenvalue weighted by Gasteiger charge is 2.34. The Bertz CT molecular complexity index is 641. The molecule has 1 fully saturated rings. The number of rotatable bonds is 4. The van der Waals surface area contributed by atoms with Crippen molar-refractivity contribution in [1.82, 2.24) is 4.31 Å². The lowest BCUT2D eigenvalue weighted by Crippen LogP contribution is -2.39. The molecule has 0 aliphatic carbocycles. The molecular weight excluding hydrogens is 320 g/mol. The Kier molecular flexibility index (Phi) is 4.82. The summed E-state index contributed by atoms with van der Waals surface area (Å²) in [6.45, 7) is 0.510. The van der Waals surface area contributed by atoms with E-state index in [1.54, 1.807) is 0 Å². The van der Waals surface area contributed by atoms with Crippen molar-refractivity contribution in [3.63, 3.8) is 0 Å². The van der Waals surface area contributed by atoms with Gasteiger partial charge in [-0.25, -0.2) is 8.42 Å². The minimum absolute atomic E-state index is 0.0228. The molecule has 1 aliphatic rings. The fourth-order valence-corrected chi connectivity index (χ4v) is 4.10. The molecule has 1 aromatic carbocycles. The molecule has 0 amide bonds. The summed E-state index contributed by atoms with van der Waals surface area (Å²) in [5.74, 6) is 0.0802. The molecule has 1 N–H and O–H groups in total. The number of nitro benzene ring substituents is 1. The number of sulfonamides is 1. The van der Waals surface area contributed by atoms with E-state index in [1.165, 1.54) is 10.4 Å². The van der Waals surface area contributed by atoms with Gasteiger partial charge in [0.25, 0.3) is 5.69 Å². The summed E-state index contributed by atoms with van der Waals surface area (Å²) in [5, 5.41) is 20.2. The molecule has 1 aliphatic heterocycles. The number of nitro groups is 1. The average molecular weight is 335 g/mol. The summed E-state index contributed by atoms with van der Waals surface area (Å²) in [7, 11) is -3.93. The second kappa shape index (κ2) is 6.27. The van der Waals surface area contributed by atoms with Crippen LogP contribution in [0, 0.1) is 16.0 Å². The van der Waals surface area contributed by atoms with Crippen LogP contribution in [0.5, 0.6) is 0 Å². The van der Waals surface area contributed by atoms with Gasteiger partial charge in [-0.3, -0.25) is 10.1 Å². The third-order valence-corrected chi connectivity index (χ3v) is 5.75. The molecular formula is C12H15ClN2O5S. The first kappa shape index (κ1) is 16.2. The molecule has 0 bridgehead atoms. The lowest BCUT2D eigenvalue weighted by atomic mass is 10.00. The third kappa shape index (κ3) is 3.34. The normalized spacial score (nSPS) is 17.8. The number of aliphatic hydroxyl groups excluding tert-OH is 1. The number of hydrogen-bond acceptors (Lipinski definition) is 5. The highest BCUT2D eigenvalue weighted by molar-refractivity contribution is 7.89. The number of piperidine rings is 1. The van der Waals surface area contributed by atoms with E-state index in [-0.39, 0.29) is 35.5 Å². The van der Waals surface area contributed by atoms with Gasteiger partial charge in [0, 0.05) is 30.8 Å². The molecule has 1 aromatic rings. The van der Waals surface area contributed by atoms with E-state index in [1.807, 2.05) is 0 Å². The smallest absolute Gasteiger partial charge is 0.290 e. The van der Waals surface area contributed by atoms with Crippen LogP contribution < -0.4 is 0 Å². The lowest BCUT2D eigenvalue weighted by Gasteiger charge is -2.30. The Morgan fingerprint density at radius 3 is 2.52 bits per heavy atom. The number of nitrogens with zero attached hydrogens (tertiary/aromatic N) is 2. The third-order valence-electron chi connectivity index (χ3n) is 3.57. The van der Waals surface area contributed by atoms with Crippen molar-refractivity contribution in [3.8, 4) is 0 Å². The van der Waals surface area contributed by atoms with Crippen LogP contribution in [-0.4, -0.2) is 42.4 Å². The number of benzene rings is 1. The van der Waals surface area contributed by atoms with Gasteiger partial charge in [-0.2, -0.15) is 4.31 Å². The van der Waals surface area contributed by atoms with Gasteiger partial charge in [-0.15, -0.1) is 0 Å². The summed E-state index contributed by atoms with van der Waals surface area (Å²) in [5.41, 5.74) is -0.521. The molecule has 0 unspecified atom stereocenters. The van der Waals surface area contributed by atoms with Crippen molar-refractivity contribution < 1.29 is 18.4 Å². The quantitative estimate of drug-likeness (QED) is 0.666. The standard InChI is InChI=1S/C12H15ClN2O5S/c13-10-1-2-12(11(7-10)15(17)18)21(19,20)14-5-3-9(8-16)4-6-14/h1-2,7,9,16H,3-6,8H2. The average Bonchev–Trinajstić information content (AvgIpc) is 2.47. The molecule has 7 nitrogen and oxygen atoms in total. The molecule has 0 spiro atoms. The maximum Gasteiger partial charge on any atom is 0.290 e. The molecule has 9 heteroatoms. The monoisotopic (exact) mass is 334 g/mol. The summed E-state index contributed by atoms with van der Waals surface area (Å²) in [6.07, 6.45) is 1.08. The Morgan fingerprint density at radius 1 is 1.38 bits per heavy atom. The van der Waals surface area contributed by atoms with Gasteiger partial charge in [-0.05, 0) is 30.9 Å². The fraction of sp³-hybridized carbons (Fsp3) is 0.500. The van der Waals surface area contributed by atoms with Gasteiger partial charge < -0.3 is 5.11 Å². The van der Waals surface area contributed by atoms with Crippen LogP contribution in [0.1, 0.15) is 12.8 Å². The Hall–Kier alpha value is -1.22. The van der Waals surface area contributed by atoms with Crippen molar-refractivity contribution in [2.24, 2.45) is 5.92 Å². The fourth-order valence-electron chi connectivity index (χ4n) is 2.32. The van der Waals surface area contributed by atoms with E-state index < -0.39 is 20.6 Å². The van der Waals surface area contributed by atoms with Gasteiger partial charge in [0.05, 0.1) is 4.92 Å². The van der Waals surface area contributed by atoms with Crippen LogP contribution in [0.4, 0.5) is 5.69 Å². The lowest BCUT2D eigenvalue weighted by molar-refractivity contribution is -0.387.